The molecular formula is C24H23FN2O3. The zero-order valence-electron chi connectivity index (χ0n) is 17.1. The van der Waals surface area contributed by atoms with Crippen molar-refractivity contribution in [3.05, 3.63) is 76.2 Å². The number of carbonyl (C=O) groups is 2. The Bertz CT molecular complexity index is 1100. The SMILES string of the molecule is Cc1ccc(C(=O)CCC(=O)N2CCc3noc(-c4ccc(F)cc4)c3C2)cc1C. The normalized spacial score (nSPS) is 13.2. The number of carbonyl (C=O) groups excluding carboxylic acids is 2. The number of aromatic nitrogens is 1. The second-order valence-electron chi connectivity index (χ2n) is 7.73. The predicted octanol–water partition coefficient (Wildman–Crippen LogP) is 4.65. The maximum Gasteiger partial charge on any atom is 0.223 e. The molecule has 0 saturated heterocycles. The molecular weight excluding hydrogens is 383 g/mol. The third-order valence-corrected chi connectivity index (χ3v) is 5.69. The molecule has 5 nitrogen and oxygen atoms in total. The number of fused-ring (bicyclic) bond motifs is 1. The number of ketones is 1. The number of rotatable bonds is 5. The van der Waals surface area contributed by atoms with E-state index >= 15 is 0 Å². The molecule has 0 bridgehead atoms. The lowest BCUT2D eigenvalue weighted by molar-refractivity contribution is -0.132. The van der Waals surface area contributed by atoms with Crippen LogP contribution in [0.1, 0.15) is 45.6 Å². The molecule has 154 valence electrons. The molecule has 1 aliphatic heterocycles. The second kappa shape index (κ2) is 8.22. The van der Waals surface area contributed by atoms with Crippen LogP contribution in [0.3, 0.4) is 0 Å². The first-order chi connectivity index (χ1) is 14.4. The highest BCUT2D eigenvalue weighted by Crippen LogP contribution is 2.31. The van der Waals surface area contributed by atoms with Gasteiger partial charge in [0.15, 0.2) is 11.5 Å². The van der Waals surface area contributed by atoms with Gasteiger partial charge in [-0.2, -0.15) is 0 Å². The van der Waals surface area contributed by atoms with E-state index in [1.54, 1.807) is 17.0 Å². The lowest BCUT2D eigenvalue weighted by Gasteiger charge is -2.26. The van der Waals surface area contributed by atoms with Gasteiger partial charge in [0, 0.05) is 42.5 Å². The fraction of sp³-hybridized carbons (Fsp3) is 0.292. The highest BCUT2D eigenvalue weighted by molar-refractivity contribution is 5.98. The standard InChI is InChI=1S/C24H23FN2O3/c1-15-3-4-18(13-16(15)2)22(28)9-10-23(29)27-12-11-21-20(14-27)24(30-26-21)17-5-7-19(25)8-6-17/h3-8,13H,9-12,14H2,1-2H3. The fourth-order valence-electron chi connectivity index (χ4n) is 3.69. The molecule has 0 radical (unpaired) electrons. The summed E-state index contributed by atoms with van der Waals surface area (Å²) in [6, 6.07) is 11.6. The van der Waals surface area contributed by atoms with Crippen molar-refractivity contribution in [1.82, 2.24) is 10.1 Å². The van der Waals surface area contributed by atoms with Crippen LogP contribution < -0.4 is 0 Å². The Labute approximate surface area is 174 Å². The van der Waals surface area contributed by atoms with Crippen molar-refractivity contribution in [2.24, 2.45) is 0 Å². The van der Waals surface area contributed by atoms with Crippen molar-refractivity contribution in [2.75, 3.05) is 6.54 Å². The van der Waals surface area contributed by atoms with Gasteiger partial charge < -0.3 is 9.42 Å². The average Bonchev–Trinajstić information content (AvgIpc) is 3.17. The van der Waals surface area contributed by atoms with Crippen molar-refractivity contribution in [2.45, 2.75) is 39.7 Å². The van der Waals surface area contributed by atoms with E-state index in [1.807, 2.05) is 32.0 Å². The third-order valence-electron chi connectivity index (χ3n) is 5.69. The number of benzene rings is 2. The van der Waals surface area contributed by atoms with E-state index in [-0.39, 0.29) is 30.3 Å². The molecule has 0 N–H and O–H groups in total. The minimum absolute atomic E-state index is 0.0267. The van der Waals surface area contributed by atoms with Gasteiger partial charge in [0.05, 0.1) is 12.2 Å². The quantitative estimate of drug-likeness (QED) is 0.579. The van der Waals surface area contributed by atoms with Crippen LogP contribution in [0.5, 0.6) is 0 Å². The average molecular weight is 406 g/mol. The number of halogens is 1. The van der Waals surface area contributed by atoms with Crippen LogP contribution >= 0.6 is 0 Å². The van der Waals surface area contributed by atoms with Crippen molar-refractivity contribution >= 4 is 11.7 Å². The van der Waals surface area contributed by atoms with Crippen LogP contribution in [-0.4, -0.2) is 28.3 Å². The summed E-state index contributed by atoms with van der Waals surface area (Å²) in [7, 11) is 0. The van der Waals surface area contributed by atoms with Crippen molar-refractivity contribution in [3.63, 3.8) is 0 Å². The van der Waals surface area contributed by atoms with E-state index in [9.17, 15) is 14.0 Å². The first-order valence-electron chi connectivity index (χ1n) is 10.0. The van der Waals surface area contributed by atoms with Gasteiger partial charge in [-0.3, -0.25) is 9.59 Å². The maximum absolute atomic E-state index is 13.2. The summed E-state index contributed by atoms with van der Waals surface area (Å²) in [4.78, 5) is 27.0. The van der Waals surface area contributed by atoms with E-state index < -0.39 is 0 Å². The third kappa shape index (κ3) is 4.03. The molecule has 4 rings (SSSR count). The largest absolute Gasteiger partial charge is 0.356 e. The van der Waals surface area contributed by atoms with E-state index in [0.717, 1.165) is 27.9 Å². The number of nitrogens with zero attached hydrogens (tertiary/aromatic N) is 2. The molecule has 1 aromatic heterocycles. The van der Waals surface area contributed by atoms with Crippen LogP contribution in [0.4, 0.5) is 4.39 Å². The molecule has 0 saturated carbocycles. The second-order valence-corrected chi connectivity index (χ2v) is 7.73. The Balaban J connectivity index is 1.42. The van der Waals surface area contributed by atoms with E-state index in [0.29, 0.717) is 30.8 Å². The molecule has 6 heteroatoms. The van der Waals surface area contributed by atoms with Gasteiger partial charge in [-0.05, 0) is 55.3 Å². The lowest BCUT2D eigenvalue weighted by Crippen LogP contribution is -2.36. The van der Waals surface area contributed by atoms with Gasteiger partial charge in [-0.1, -0.05) is 17.3 Å². The molecule has 2 heterocycles. The van der Waals surface area contributed by atoms with Gasteiger partial charge in [-0.25, -0.2) is 4.39 Å². The van der Waals surface area contributed by atoms with Gasteiger partial charge in [0.1, 0.15) is 5.82 Å². The van der Waals surface area contributed by atoms with Gasteiger partial charge in [-0.15, -0.1) is 0 Å². The van der Waals surface area contributed by atoms with E-state index in [2.05, 4.69) is 5.16 Å². The fourth-order valence-corrected chi connectivity index (χ4v) is 3.69. The molecule has 2 aromatic carbocycles. The summed E-state index contributed by atoms with van der Waals surface area (Å²) in [5.41, 5.74) is 5.24. The van der Waals surface area contributed by atoms with Crippen molar-refractivity contribution in [3.8, 4) is 11.3 Å². The highest BCUT2D eigenvalue weighted by atomic mass is 19.1. The number of hydrogen-bond acceptors (Lipinski definition) is 4. The minimum Gasteiger partial charge on any atom is -0.356 e. The summed E-state index contributed by atoms with van der Waals surface area (Å²) in [6.45, 7) is 4.89. The Morgan fingerprint density at radius 2 is 1.83 bits per heavy atom. The monoisotopic (exact) mass is 406 g/mol. The molecule has 30 heavy (non-hydrogen) atoms. The number of Topliss-reactive ketones (excluding diaryl/α,β-unsaturated/α-hetero) is 1. The summed E-state index contributed by atoms with van der Waals surface area (Å²) in [5.74, 6) is 0.149. The molecule has 1 amide bonds. The van der Waals surface area contributed by atoms with E-state index in [1.165, 1.54) is 12.1 Å². The number of aryl methyl sites for hydroxylation is 2. The van der Waals surface area contributed by atoms with Crippen LogP contribution in [0.25, 0.3) is 11.3 Å². The van der Waals surface area contributed by atoms with Gasteiger partial charge in [0.25, 0.3) is 0 Å². The molecule has 0 atom stereocenters. The van der Waals surface area contributed by atoms with Crippen LogP contribution in [-0.2, 0) is 17.8 Å². The molecule has 1 aliphatic rings. The first-order valence-corrected chi connectivity index (χ1v) is 10.0. The molecule has 0 spiro atoms. The Morgan fingerprint density at radius 3 is 2.57 bits per heavy atom. The summed E-state index contributed by atoms with van der Waals surface area (Å²) in [5, 5.41) is 4.12. The highest BCUT2D eigenvalue weighted by Gasteiger charge is 2.27. The van der Waals surface area contributed by atoms with Crippen LogP contribution in [0, 0.1) is 19.7 Å². The van der Waals surface area contributed by atoms with Gasteiger partial charge in [0.2, 0.25) is 5.91 Å². The Morgan fingerprint density at radius 1 is 1.07 bits per heavy atom. The van der Waals surface area contributed by atoms with Crippen molar-refractivity contribution in [1.29, 1.82) is 0 Å². The Hall–Kier alpha value is -3.28. The lowest BCUT2D eigenvalue weighted by atomic mass is 9.99. The van der Waals surface area contributed by atoms with Gasteiger partial charge >= 0.3 is 0 Å². The van der Waals surface area contributed by atoms with E-state index in [4.69, 9.17) is 4.52 Å². The topological polar surface area (TPSA) is 63.4 Å². The molecule has 3 aromatic rings. The number of amides is 1. The maximum atomic E-state index is 13.2. The molecule has 0 aliphatic carbocycles. The summed E-state index contributed by atoms with van der Waals surface area (Å²) in [6.07, 6.45) is 0.939. The van der Waals surface area contributed by atoms with Crippen LogP contribution in [0.15, 0.2) is 47.0 Å². The minimum atomic E-state index is -0.322. The number of hydrogen-bond donors (Lipinski definition) is 0. The summed E-state index contributed by atoms with van der Waals surface area (Å²) < 4.78 is 18.7. The zero-order valence-corrected chi connectivity index (χ0v) is 17.1. The first kappa shape index (κ1) is 20.0. The Kier molecular flexibility index (Phi) is 5.48. The smallest absolute Gasteiger partial charge is 0.223 e. The van der Waals surface area contributed by atoms with Crippen LogP contribution in [0.2, 0.25) is 0 Å². The summed E-state index contributed by atoms with van der Waals surface area (Å²) >= 11 is 0. The molecule has 0 unspecified atom stereocenters. The molecule has 0 fully saturated rings. The van der Waals surface area contributed by atoms with Crippen molar-refractivity contribution < 1.29 is 18.5 Å². The zero-order chi connectivity index (χ0) is 21.3. The predicted molar refractivity (Wildman–Crippen MR) is 110 cm³/mol.